The van der Waals surface area contributed by atoms with E-state index in [1.165, 1.54) is 21.6 Å². The van der Waals surface area contributed by atoms with Gasteiger partial charge in [-0.15, -0.1) is 0 Å². The second kappa shape index (κ2) is 9.09. The van der Waals surface area contributed by atoms with Crippen molar-refractivity contribution in [2.24, 2.45) is 11.8 Å². The number of halogens is 1. The van der Waals surface area contributed by atoms with E-state index in [1.54, 1.807) is 12.1 Å². The van der Waals surface area contributed by atoms with Gasteiger partial charge in [0.05, 0.1) is 0 Å². The highest BCUT2D eigenvalue weighted by molar-refractivity contribution is 9.10. The minimum atomic E-state index is -0.689. The number of hydrogen-bond acceptors (Lipinski definition) is 5. The molecule has 0 aromatic carbocycles. The molecule has 2 heterocycles. The monoisotopic (exact) mass is 452 g/mol. The Kier molecular flexibility index (Phi) is 7.06. The standard InChI is InChI=1S/C19H25BrN4O4/c1-11(2)9-23(15(25)8-6-13-5-7-14(20)28-13)16-17(21)24(10-12(3)4)19(27)22-18(16)26/h5-8,11-12H,9-10,21H2,1-4H3,(H,22,26,27)/b8-6+. The molecule has 28 heavy (non-hydrogen) atoms. The van der Waals surface area contributed by atoms with E-state index in [-0.39, 0.29) is 29.9 Å². The Balaban J connectivity index is 2.50. The predicted molar refractivity (Wildman–Crippen MR) is 113 cm³/mol. The molecule has 152 valence electrons. The molecule has 8 nitrogen and oxygen atoms in total. The number of anilines is 2. The average Bonchev–Trinajstić information content (AvgIpc) is 3.00. The van der Waals surface area contributed by atoms with Gasteiger partial charge in [0.2, 0.25) is 0 Å². The van der Waals surface area contributed by atoms with Crippen molar-refractivity contribution in [3.8, 4) is 0 Å². The largest absolute Gasteiger partial charge is 0.450 e. The highest BCUT2D eigenvalue weighted by Crippen LogP contribution is 2.20. The van der Waals surface area contributed by atoms with Crippen LogP contribution in [0.5, 0.6) is 0 Å². The van der Waals surface area contributed by atoms with Crippen LogP contribution in [0.15, 0.2) is 36.9 Å². The first-order valence-electron chi connectivity index (χ1n) is 8.97. The van der Waals surface area contributed by atoms with Gasteiger partial charge in [0.15, 0.2) is 10.4 Å². The number of nitrogens with zero attached hydrogens (tertiary/aromatic N) is 2. The van der Waals surface area contributed by atoms with Gasteiger partial charge in [0.1, 0.15) is 11.6 Å². The zero-order valence-corrected chi connectivity index (χ0v) is 17.9. The van der Waals surface area contributed by atoms with Crippen LogP contribution in [-0.4, -0.2) is 22.0 Å². The molecule has 0 aliphatic carbocycles. The molecule has 0 aliphatic rings. The van der Waals surface area contributed by atoms with E-state index in [1.807, 2.05) is 27.7 Å². The number of aromatic amines is 1. The van der Waals surface area contributed by atoms with Crippen LogP contribution in [0, 0.1) is 11.8 Å². The molecule has 0 aliphatic heterocycles. The number of nitrogens with one attached hydrogen (secondary N) is 1. The predicted octanol–water partition coefficient (Wildman–Crippen LogP) is 2.83. The summed E-state index contributed by atoms with van der Waals surface area (Å²) in [5, 5.41) is 0. The van der Waals surface area contributed by atoms with Gasteiger partial charge in [-0.2, -0.15) is 0 Å². The molecule has 0 bridgehead atoms. The lowest BCUT2D eigenvalue weighted by molar-refractivity contribution is -0.114. The van der Waals surface area contributed by atoms with E-state index in [0.717, 1.165) is 0 Å². The van der Waals surface area contributed by atoms with E-state index < -0.39 is 17.2 Å². The Labute approximate surface area is 171 Å². The summed E-state index contributed by atoms with van der Waals surface area (Å²) in [5.74, 6) is 0.222. The molecular formula is C19H25BrN4O4. The molecule has 0 fully saturated rings. The van der Waals surface area contributed by atoms with E-state index in [2.05, 4.69) is 20.9 Å². The number of carbonyl (C=O) groups excluding carboxylic acids is 1. The maximum atomic E-state index is 12.9. The van der Waals surface area contributed by atoms with Gasteiger partial charge in [-0.25, -0.2) is 4.79 Å². The van der Waals surface area contributed by atoms with Gasteiger partial charge >= 0.3 is 5.69 Å². The number of carbonyl (C=O) groups is 1. The van der Waals surface area contributed by atoms with Gasteiger partial charge < -0.3 is 15.1 Å². The molecule has 0 saturated heterocycles. The van der Waals surface area contributed by atoms with Crippen molar-refractivity contribution in [1.29, 1.82) is 0 Å². The molecule has 0 unspecified atom stereocenters. The highest BCUT2D eigenvalue weighted by atomic mass is 79.9. The van der Waals surface area contributed by atoms with Gasteiger partial charge in [-0.1, -0.05) is 27.7 Å². The van der Waals surface area contributed by atoms with Crippen LogP contribution in [-0.2, 0) is 11.3 Å². The number of nitrogens with two attached hydrogens (primary N) is 1. The van der Waals surface area contributed by atoms with Gasteiger partial charge in [0, 0.05) is 19.2 Å². The summed E-state index contributed by atoms with van der Waals surface area (Å²) >= 11 is 3.20. The topological polar surface area (TPSA) is 114 Å². The Hall–Kier alpha value is -2.55. The zero-order valence-electron chi connectivity index (χ0n) is 16.4. The fraction of sp³-hybridized carbons (Fsp3) is 0.421. The second-order valence-corrected chi connectivity index (χ2v) is 8.10. The molecule has 0 atom stereocenters. The number of amides is 1. The summed E-state index contributed by atoms with van der Waals surface area (Å²) in [6, 6.07) is 3.41. The summed E-state index contributed by atoms with van der Waals surface area (Å²) in [6.45, 7) is 8.28. The number of H-pyrrole nitrogens is 1. The summed E-state index contributed by atoms with van der Waals surface area (Å²) in [5.41, 5.74) is 4.86. The van der Waals surface area contributed by atoms with Crippen LogP contribution in [0.2, 0.25) is 0 Å². The first kappa shape index (κ1) is 21.7. The van der Waals surface area contributed by atoms with E-state index in [0.29, 0.717) is 17.0 Å². The first-order valence-corrected chi connectivity index (χ1v) is 9.77. The Bertz CT molecular complexity index is 985. The van der Waals surface area contributed by atoms with E-state index in [4.69, 9.17) is 10.2 Å². The molecule has 2 aromatic rings. The number of hydrogen-bond donors (Lipinski definition) is 2. The minimum absolute atomic E-state index is 0.0226. The fourth-order valence-electron chi connectivity index (χ4n) is 2.70. The SMILES string of the molecule is CC(C)CN(C(=O)/C=C/c1ccc(Br)o1)c1c(N)n(CC(C)C)c(=O)[nH]c1=O. The van der Waals surface area contributed by atoms with Crippen LogP contribution in [0.3, 0.4) is 0 Å². The van der Waals surface area contributed by atoms with Crippen molar-refractivity contribution in [3.63, 3.8) is 0 Å². The molecule has 9 heteroatoms. The molecule has 2 aromatic heterocycles. The fourth-order valence-corrected chi connectivity index (χ4v) is 3.02. The molecule has 1 amide bonds. The maximum Gasteiger partial charge on any atom is 0.330 e. The number of rotatable bonds is 7. The normalized spacial score (nSPS) is 11.7. The van der Waals surface area contributed by atoms with E-state index in [9.17, 15) is 14.4 Å². The van der Waals surface area contributed by atoms with Crippen LogP contribution in [0.4, 0.5) is 11.5 Å². The van der Waals surface area contributed by atoms with Crippen molar-refractivity contribution < 1.29 is 9.21 Å². The van der Waals surface area contributed by atoms with Crippen LogP contribution < -0.4 is 21.9 Å². The molecule has 0 saturated carbocycles. The summed E-state index contributed by atoms with van der Waals surface area (Å²) in [7, 11) is 0. The van der Waals surface area contributed by atoms with Gasteiger partial charge in [-0.3, -0.25) is 19.1 Å². The Morgan fingerprint density at radius 3 is 2.50 bits per heavy atom. The summed E-state index contributed by atoms with van der Waals surface area (Å²) < 4.78 is 7.18. The summed E-state index contributed by atoms with van der Waals surface area (Å²) in [6.07, 6.45) is 2.82. The third-order valence-corrected chi connectivity index (χ3v) is 4.26. The third-order valence-electron chi connectivity index (χ3n) is 3.83. The van der Waals surface area contributed by atoms with Crippen molar-refractivity contribution in [2.45, 2.75) is 34.2 Å². The number of furan rings is 1. The lowest BCUT2D eigenvalue weighted by Crippen LogP contribution is -2.42. The maximum absolute atomic E-state index is 12.9. The first-order chi connectivity index (χ1) is 13.1. The van der Waals surface area contributed by atoms with E-state index >= 15 is 0 Å². The minimum Gasteiger partial charge on any atom is -0.450 e. The van der Waals surface area contributed by atoms with Crippen molar-refractivity contribution >= 4 is 39.4 Å². The molecule has 0 radical (unpaired) electrons. The molecule has 0 spiro atoms. The van der Waals surface area contributed by atoms with Crippen LogP contribution in [0.1, 0.15) is 33.5 Å². The van der Waals surface area contributed by atoms with Crippen LogP contribution in [0.25, 0.3) is 6.08 Å². The summed E-state index contributed by atoms with van der Waals surface area (Å²) in [4.78, 5) is 41.1. The highest BCUT2D eigenvalue weighted by Gasteiger charge is 2.24. The molecule has 3 N–H and O–H groups in total. The Morgan fingerprint density at radius 1 is 1.29 bits per heavy atom. The zero-order chi connectivity index (χ0) is 21.0. The van der Waals surface area contributed by atoms with Gasteiger partial charge in [0.25, 0.3) is 11.5 Å². The van der Waals surface area contributed by atoms with Crippen molar-refractivity contribution in [3.05, 3.63) is 49.5 Å². The second-order valence-electron chi connectivity index (χ2n) is 7.32. The molecular weight excluding hydrogens is 428 g/mol. The third kappa shape index (κ3) is 5.25. The van der Waals surface area contributed by atoms with Crippen molar-refractivity contribution in [2.75, 3.05) is 17.2 Å². The average molecular weight is 453 g/mol. The number of aromatic nitrogens is 2. The van der Waals surface area contributed by atoms with Crippen molar-refractivity contribution in [1.82, 2.24) is 9.55 Å². The molecule has 2 rings (SSSR count). The smallest absolute Gasteiger partial charge is 0.330 e. The lowest BCUT2D eigenvalue weighted by atomic mass is 10.2. The quantitative estimate of drug-likeness (QED) is 0.626. The lowest BCUT2D eigenvalue weighted by Gasteiger charge is -2.25. The number of nitrogen functional groups attached to an aromatic ring is 1. The van der Waals surface area contributed by atoms with Gasteiger partial charge in [-0.05, 0) is 46.0 Å². The van der Waals surface area contributed by atoms with Crippen LogP contribution >= 0.6 is 15.9 Å². The Morgan fingerprint density at radius 2 is 1.96 bits per heavy atom.